The Labute approximate surface area is 154 Å². The highest BCUT2D eigenvalue weighted by molar-refractivity contribution is 7.17. The molecule has 1 aliphatic rings. The van der Waals surface area contributed by atoms with Crippen LogP contribution in [0.5, 0.6) is 0 Å². The maximum Gasteiger partial charge on any atom is 0.341 e. The summed E-state index contributed by atoms with van der Waals surface area (Å²) in [7, 11) is 0. The third-order valence-corrected chi connectivity index (χ3v) is 6.49. The molecule has 0 fully saturated rings. The van der Waals surface area contributed by atoms with Gasteiger partial charge in [0.2, 0.25) is 5.91 Å². The van der Waals surface area contributed by atoms with Gasteiger partial charge in [0.1, 0.15) is 5.00 Å². The number of hydrogen-bond acceptors (Lipinski definition) is 4. The highest BCUT2D eigenvalue weighted by Gasteiger charge is 2.35. The molecule has 5 heteroatoms. The number of allylic oxidation sites excluding steroid dienone is 1. The summed E-state index contributed by atoms with van der Waals surface area (Å²) in [4.78, 5) is 25.7. The minimum absolute atomic E-state index is 0.211. The molecule has 1 N–H and O–H groups in total. The lowest BCUT2D eigenvalue weighted by Gasteiger charge is -2.36. The highest BCUT2D eigenvalue weighted by Crippen LogP contribution is 2.45. The summed E-state index contributed by atoms with van der Waals surface area (Å²) in [5.41, 5.74) is 1.91. The Morgan fingerprint density at radius 3 is 2.68 bits per heavy atom. The standard InChI is InChI=1S/C20H29NO3S/c1-6-9-16(22)21-18-17(19(23)24-8-3)14-11-10-13(12-15(14)25-18)20(4,5)7-2/h6,9,13H,7-8,10-12H2,1-5H3,(H,21,22)/b9-6+. The second-order valence-corrected chi connectivity index (χ2v) is 8.30. The van der Waals surface area contributed by atoms with Gasteiger partial charge in [0.05, 0.1) is 12.2 Å². The molecule has 1 aromatic rings. The number of esters is 1. The maximum atomic E-state index is 12.5. The first kappa shape index (κ1) is 19.7. The van der Waals surface area contributed by atoms with Crippen LogP contribution in [-0.2, 0) is 22.4 Å². The molecule has 1 aromatic heterocycles. The summed E-state index contributed by atoms with van der Waals surface area (Å²) in [6, 6.07) is 0. The van der Waals surface area contributed by atoms with Gasteiger partial charge >= 0.3 is 5.97 Å². The number of nitrogens with one attached hydrogen (secondary N) is 1. The molecule has 4 nitrogen and oxygen atoms in total. The number of carbonyl (C=O) groups is 2. The van der Waals surface area contributed by atoms with Crippen LogP contribution in [0.4, 0.5) is 5.00 Å². The monoisotopic (exact) mass is 363 g/mol. The van der Waals surface area contributed by atoms with Crippen molar-refractivity contribution in [2.75, 3.05) is 11.9 Å². The van der Waals surface area contributed by atoms with Gasteiger partial charge in [-0.15, -0.1) is 11.3 Å². The van der Waals surface area contributed by atoms with Crippen LogP contribution in [0.25, 0.3) is 0 Å². The quantitative estimate of drug-likeness (QED) is 0.573. The number of anilines is 1. The van der Waals surface area contributed by atoms with Gasteiger partial charge in [0, 0.05) is 4.88 Å². The molecule has 138 valence electrons. The topological polar surface area (TPSA) is 55.4 Å². The van der Waals surface area contributed by atoms with Gasteiger partial charge < -0.3 is 10.1 Å². The zero-order valence-electron chi connectivity index (χ0n) is 15.9. The highest BCUT2D eigenvalue weighted by atomic mass is 32.1. The number of ether oxygens (including phenoxy) is 1. The van der Waals surface area contributed by atoms with Crippen LogP contribution in [0, 0.1) is 11.3 Å². The van der Waals surface area contributed by atoms with Gasteiger partial charge in [0.15, 0.2) is 0 Å². The fourth-order valence-corrected chi connectivity index (χ4v) is 4.67. The summed E-state index contributed by atoms with van der Waals surface area (Å²) in [6.07, 6.45) is 7.19. The molecule has 1 heterocycles. The Balaban J connectivity index is 2.38. The van der Waals surface area contributed by atoms with Gasteiger partial charge in [-0.3, -0.25) is 4.79 Å². The fourth-order valence-electron chi connectivity index (χ4n) is 3.35. The lowest BCUT2D eigenvalue weighted by molar-refractivity contribution is -0.111. The van der Waals surface area contributed by atoms with Crippen molar-refractivity contribution in [2.24, 2.45) is 11.3 Å². The summed E-state index contributed by atoms with van der Waals surface area (Å²) in [5, 5.41) is 3.49. The van der Waals surface area contributed by atoms with Crippen molar-refractivity contribution >= 4 is 28.2 Å². The Kier molecular flexibility index (Phi) is 6.44. The van der Waals surface area contributed by atoms with Crippen molar-refractivity contribution in [1.82, 2.24) is 0 Å². The first-order valence-corrected chi connectivity index (χ1v) is 9.91. The number of amides is 1. The van der Waals surface area contributed by atoms with Crippen LogP contribution in [0.2, 0.25) is 0 Å². The zero-order valence-corrected chi connectivity index (χ0v) is 16.7. The molecule has 0 aliphatic heterocycles. The smallest absolute Gasteiger partial charge is 0.341 e. The second kappa shape index (κ2) is 8.17. The minimum atomic E-state index is -0.330. The Morgan fingerprint density at radius 1 is 1.36 bits per heavy atom. The minimum Gasteiger partial charge on any atom is -0.462 e. The van der Waals surface area contributed by atoms with Gasteiger partial charge in [-0.25, -0.2) is 4.79 Å². The predicted octanol–water partition coefficient (Wildman–Crippen LogP) is 4.98. The van der Waals surface area contributed by atoms with E-state index in [1.165, 1.54) is 22.3 Å². The molecule has 0 bridgehead atoms. The Bertz CT molecular complexity index is 673. The van der Waals surface area contributed by atoms with Crippen molar-refractivity contribution in [3.8, 4) is 0 Å². The molecular formula is C20H29NO3S. The van der Waals surface area contributed by atoms with E-state index in [9.17, 15) is 9.59 Å². The average Bonchev–Trinajstić information content (AvgIpc) is 2.92. The molecule has 2 rings (SSSR count). The first-order chi connectivity index (χ1) is 11.8. The van der Waals surface area contributed by atoms with Crippen LogP contribution in [0.1, 0.15) is 68.3 Å². The lowest BCUT2D eigenvalue weighted by atomic mass is 9.69. The lowest BCUT2D eigenvalue weighted by Crippen LogP contribution is -2.28. The molecule has 0 radical (unpaired) electrons. The molecule has 0 aromatic carbocycles. The molecule has 25 heavy (non-hydrogen) atoms. The van der Waals surface area contributed by atoms with E-state index in [0.717, 1.165) is 31.2 Å². The van der Waals surface area contributed by atoms with Crippen molar-refractivity contribution in [3.05, 3.63) is 28.2 Å². The molecule has 1 unspecified atom stereocenters. The van der Waals surface area contributed by atoms with E-state index in [0.29, 0.717) is 23.1 Å². The normalized spacial score (nSPS) is 17.4. The molecule has 1 amide bonds. The van der Waals surface area contributed by atoms with Gasteiger partial charge in [0.25, 0.3) is 0 Å². The van der Waals surface area contributed by atoms with Gasteiger partial charge in [-0.1, -0.05) is 33.3 Å². The number of carbonyl (C=O) groups excluding carboxylic acids is 2. The molecule has 0 spiro atoms. The molecular weight excluding hydrogens is 334 g/mol. The van der Waals surface area contributed by atoms with Gasteiger partial charge in [-0.05, 0) is 56.1 Å². The van der Waals surface area contributed by atoms with Gasteiger partial charge in [-0.2, -0.15) is 0 Å². The molecule has 1 aliphatic carbocycles. The number of thiophene rings is 1. The van der Waals surface area contributed by atoms with Crippen molar-refractivity contribution in [1.29, 1.82) is 0 Å². The molecule has 1 atom stereocenters. The molecule has 0 saturated heterocycles. The van der Waals surface area contributed by atoms with Crippen molar-refractivity contribution in [3.63, 3.8) is 0 Å². The Morgan fingerprint density at radius 2 is 2.08 bits per heavy atom. The maximum absolute atomic E-state index is 12.5. The van der Waals surface area contributed by atoms with E-state index in [2.05, 4.69) is 26.1 Å². The zero-order chi connectivity index (χ0) is 18.6. The SMILES string of the molecule is C/C=C/C(=O)Nc1sc2c(c1C(=O)OCC)CCC(C(C)(C)CC)C2. The number of hydrogen-bond donors (Lipinski definition) is 1. The Hall–Kier alpha value is -1.62. The predicted molar refractivity (Wildman–Crippen MR) is 103 cm³/mol. The van der Waals surface area contributed by atoms with Crippen LogP contribution in [0.3, 0.4) is 0 Å². The van der Waals surface area contributed by atoms with Crippen molar-refractivity contribution < 1.29 is 14.3 Å². The van der Waals surface area contributed by atoms with Crippen LogP contribution in [0.15, 0.2) is 12.2 Å². The molecule has 0 saturated carbocycles. The second-order valence-electron chi connectivity index (χ2n) is 7.20. The number of rotatable bonds is 6. The van der Waals surface area contributed by atoms with Crippen molar-refractivity contribution in [2.45, 2.75) is 60.3 Å². The summed E-state index contributed by atoms with van der Waals surface area (Å²) >= 11 is 1.53. The average molecular weight is 364 g/mol. The largest absolute Gasteiger partial charge is 0.462 e. The van der Waals surface area contributed by atoms with E-state index in [4.69, 9.17) is 4.74 Å². The third-order valence-electron chi connectivity index (χ3n) is 5.32. The first-order valence-electron chi connectivity index (χ1n) is 9.09. The van der Waals surface area contributed by atoms with E-state index in [1.54, 1.807) is 19.9 Å². The summed E-state index contributed by atoms with van der Waals surface area (Å²) in [5.74, 6) is 0.0545. The summed E-state index contributed by atoms with van der Waals surface area (Å²) in [6.45, 7) is 10.8. The summed E-state index contributed by atoms with van der Waals surface area (Å²) < 4.78 is 5.25. The van der Waals surface area contributed by atoms with E-state index >= 15 is 0 Å². The van der Waals surface area contributed by atoms with E-state index in [1.807, 2.05) is 0 Å². The fraction of sp³-hybridized carbons (Fsp3) is 0.600. The number of fused-ring (bicyclic) bond motifs is 1. The van der Waals surface area contributed by atoms with Crippen LogP contribution >= 0.6 is 11.3 Å². The van der Waals surface area contributed by atoms with E-state index in [-0.39, 0.29) is 17.3 Å². The van der Waals surface area contributed by atoms with E-state index < -0.39 is 0 Å². The van der Waals surface area contributed by atoms with Crippen LogP contribution in [-0.4, -0.2) is 18.5 Å². The third kappa shape index (κ3) is 4.32. The van der Waals surface area contributed by atoms with Crippen LogP contribution < -0.4 is 5.32 Å².